The van der Waals surface area contributed by atoms with Crippen LogP contribution in [0.15, 0.2) is 133 Å². The Morgan fingerprint density at radius 1 is 0.509 bits per heavy atom. The Bertz CT molecular complexity index is 2380. The molecule has 4 bridgehead atoms. The van der Waals surface area contributed by atoms with Crippen molar-refractivity contribution < 1.29 is 0 Å². The van der Waals surface area contributed by atoms with E-state index in [0.29, 0.717) is 0 Å². The van der Waals surface area contributed by atoms with Crippen molar-refractivity contribution in [2.45, 2.75) is 88.4 Å². The van der Waals surface area contributed by atoms with Crippen molar-refractivity contribution in [3.8, 4) is 22.3 Å². The second kappa shape index (κ2) is 13.9. The average molecular weight is 705 g/mol. The van der Waals surface area contributed by atoms with E-state index in [-0.39, 0.29) is 0 Å². The molecule has 0 spiro atoms. The van der Waals surface area contributed by atoms with Crippen LogP contribution >= 0.6 is 11.3 Å². The lowest BCUT2D eigenvalue weighted by Gasteiger charge is -2.46. The molecule has 6 aliphatic rings. The van der Waals surface area contributed by atoms with Crippen LogP contribution in [0.5, 0.6) is 0 Å². The summed E-state index contributed by atoms with van der Waals surface area (Å²) in [6.45, 7) is 2.21. The maximum atomic E-state index is 2.72. The molecule has 0 amide bonds. The Labute approximate surface area is 319 Å². The largest absolute Gasteiger partial charge is 0.135 e. The molecule has 6 aromatic carbocycles. The minimum absolute atomic E-state index is 0.835. The van der Waals surface area contributed by atoms with Crippen LogP contribution in [0.2, 0.25) is 0 Å². The molecule has 262 valence electrons. The normalized spacial score (nSPS) is 21.1. The number of rotatable bonds is 5. The van der Waals surface area contributed by atoms with Gasteiger partial charge in [0.1, 0.15) is 0 Å². The van der Waals surface area contributed by atoms with Crippen molar-refractivity contribution in [2.24, 2.45) is 0 Å². The molecule has 2 saturated carbocycles. The SMILES string of the molecule is C(=C\c1ccc2c(c1)sc1ccccc12)/Cc1ccc(-c2ccccc2)cc1.Cc1ccc(-c2c3c(cc4c2C2CCC4CC2)C2CCC3CC2)cc1. The Kier molecular flexibility index (Phi) is 8.64. The highest BCUT2D eigenvalue weighted by molar-refractivity contribution is 7.25. The van der Waals surface area contributed by atoms with E-state index in [1.54, 1.807) is 27.8 Å². The first-order valence-electron chi connectivity index (χ1n) is 20.2. The predicted molar refractivity (Wildman–Crippen MR) is 228 cm³/mol. The molecule has 0 radical (unpaired) electrons. The highest BCUT2D eigenvalue weighted by Gasteiger charge is 2.41. The first kappa shape index (κ1) is 32.9. The predicted octanol–water partition coefficient (Wildman–Crippen LogP) is 15.1. The summed E-state index contributed by atoms with van der Waals surface area (Å²) in [5.41, 5.74) is 16.8. The van der Waals surface area contributed by atoms with E-state index in [4.69, 9.17) is 0 Å². The molecular weight excluding hydrogens is 657 g/mol. The maximum absolute atomic E-state index is 2.72. The fraction of sp³-hybridized carbons (Fsp3) is 0.269. The van der Waals surface area contributed by atoms with Crippen molar-refractivity contribution in [1.82, 2.24) is 0 Å². The standard InChI is InChI=1S/C27H20S.C25H28/c1-2-9-22(10-3-1)23-16-13-20(14-17-23)7-6-8-21-15-18-25-24-11-4-5-12-26(24)28-27(25)19-21;1-15-2-4-20(5-3-15)25-23-18-10-6-16(7-11-18)21(23)14-22-17-8-12-19(13-9-17)24(22)25/h1-6,8-19H,7H2;2-5,14,16-19H,6-13H2,1H3/b8-6+;. The monoisotopic (exact) mass is 704 g/mol. The van der Waals surface area contributed by atoms with Crippen molar-refractivity contribution >= 4 is 37.6 Å². The molecule has 0 N–H and O–H groups in total. The molecule has 6 aliphatic carbocycles. The zero-order valence-corrected chi connectivity index (χ0v) is 31.7. The molecule has 1 heteroatoms. The summed E-state index contributed by atoms with van der Waals surface area (Å²) in [5, 5.41) is 2.71. The van der Waals surface area contributed by atoms with Gasteiger partial charge in [-0.2, -0.15) is 0 Å². The van der Waals surface area contributed by atoms with Gasteiger partial charge in [0.15, 0.2) is 0 Å². The number of allylic oxidation sites excluding steroid dienone is 1. The fourth-order valence-corrected chi connectivity index (χ4v) is 11.5. The van der Waals surface area contributed by atoms with Crippen molar-refractivity contribution in [3.05, 3.63) is 172 Å². The second-order valence-corrected chi connectivity index (χ2v) is 17.3. The van der Waals surface area contributed by atoms with Gasteiger partial charge in [0, 0.05) is 20.2 Å². The van der Waals surface area contributed by atoms with Crippen LogP contribution in [-0.4, -0.2) is 0 Å². The summed E-state index contributed by atoms with van der Waals surface area (Å²) in [5.74, 6) is 3.38. The maximum Gasteiger partial charge on any atom is 0.0361 e. The zero-order chi connectivity index (χ0) is 35.3. The summed E-state index contributed by atoms with van der Waals surface area (Å²) in [6, 6.07) is 47.0. The van der Waals surface area contributed by atoms with E-state index in [1.807, 2.05) is 11.3 Å². The van der Waals surface area contributed by atoms with E-state index >= 15 is 0 Å². The minimum atomic E-state index is 0.835. The smallest absolute Gasteiger partial charge is 0.0361 e. The lowest BCUT2D eigenvalue weighted by Crippen LogP contribution is -2.28. The number of benzene rings is 6. The number of hydrogen-bond acceptors (Lipinski definition) is 1. The zero-order valence-electron chi connectivity index (χ0n) is 30.9. The third-order valence-corrected chi connectivity index (χ3v) is 14.2. The van der Waals surface area contributed by atoms with Crippen molar-refractivity contribution in [3.63, 3.8) is 0 Å². The number of fused-ring (bicyclic) bond motifs is 7. The van der Waals surface area contributed by atoms with Crippen LogP contribution in [0.3, 0.4) is 0 Å². The molecule has 0 saturated heterocycles. The molecule has 1 aromatic heterocycles. The summed E-state index contributed by atoms with van der Waals surface area (Å²) in [6.07, 6.45) is 16.9. The molecular formula is C52H48S. The Morgan fingerprint density at radius 2 is 1.08 bits per heavy atom. The van der Waals surface area contributed by atoms with E-state index in [0.717, 1.165) is 30.1 Å². The van der Waals surface area contributed by atoms with Gasteiger partial charge >= 0.3 is 0 Å². The summed E-state index contributed by atoms with van der Waals surface area (Å²) in [4.78, 5) is 0. The van der Waals surface area contributed by atoms with Gasteiger partial charge in [-0.15, -0.1) is 11.3 Å². The Hall–Kier alpha value is -4.72. The lowest BCUT2D eigenvalue weighted by molar-refractivity contribution is 0.342. The van der Waals surface area contributed by atoms with Crippen LogP contribution in [0.1, 0.15) is 114 Å². The van der Waals surface area contributed by atoms with Gasteiger partial charge in [-0.1, -0.05) is 133 Å². The lowest BCUT2D eigenvalue weighted by atomic mass is 9.59. The van der Waals surface area contributed by atoms with Gasteiger partial charge in [0.2, 0.25) is 0 Å². The van der Waals surface area contributed by atoms with Gasteiger partial charge in [-0.25, -0.2) is 0 Å². The summed E-state index contributed by atoms with van der Waals surface area (Å²) < 4.78 is 2.72. The average Bonchev–Trinajstić information content (AvgIpc) is 3.60. The molecule has 0 unspecified atom stereocenters. The molecule has 2 fully saturated rings. The summed E-state index contributed by atoms with van der Waals surface area (Å²) in [7, 11) is 0. The van der Waals surface area contributed by atoms with Crippen LogP contribution in [0, 0.1) is 6.92 Å². The summed E-state index contributed by atoms with van der Waals surface area (Å²) >= 11 is 1.87. The van der Waals surface area contributed by atoms with E-state index in [9.17, 15) is 0 Å². The molecule has 1 heterocycles. The Morgan fingerprint density at radius 3 is 1.75 bits per heavy atom. The fourth-order valence-electron chi connectivity index (χ4n) is 10.4. The van der Waals surface area contributed by atoms with Gasteiger partial charge in [-0.3, -0.25) is 0 Å². The topological polar surface area (TPSA) is 0 Å². The van der Waals surface area contributed by atoms with Gasteiger partial charge in [-0.05, 0) is 156 Å². The third kappa shape index (κ3) is 6.18. The van der Waals surface area contributed by atoms with E-state index in [2.05, 4.69) is 146 Å². The van der Waals surface area contributed by atoms with Crippen LogP contribution in [-0.2, 0) is 6.42 Å². The minimum Gasteiger partial charge on any atom is -0.135 e. The third-order valence-electron chi connectivity index (χ3n) is 13.1. The van der Waals surface area contributed by atoms with E-state index < -0.39 is 0 Å². The molecule has 0 atom stereocenters. The molecule has 7 aromatic rings. The van der Waals surface area contributed by atoms with Crippen LogP contribution < -0.4 is 0 Å². The molecule has 53 heavy (non-hydrogen) atoms. The Balaban J connectivity index is 0.000000133. The van der Waals surface area contributed by atoms with Gasteiger partial charge in [0.05, 0.1) is 0 Å². The highest BCUT2D eigenvalue weighted by Crippen LogP contribution is 2.59. The van der Waals surface area contributed by atoms with Crippen molar-refractivity contribution in [1.29, 1.82) is 0 Å². The molecule has 0 aliphatic heterocycles. The van der Waals surface area contributed by atoms with E-state index in [1.165, 1.54) is 105 Å². The number of aryl methyl sites for hydroxylation is 1. The first-order valence-corrected chi connectivity index (χ1v) is 21.0. The van der Waals surface area contributed by atoms with Gasteiger partial charge < -0.3 is 0 Å². The molecule has 13 rings (SSSR count). The van der Waals surface area contributed by atoms with Gasteiger partial charge in [0.25, 0.3) is 0 Å². The van der Waals surface area contributed by atoms with Crippen LogP contribution in [0.4, 0.5) is 0 Å². The number of thiophene rings is 1. The quantitative estimate of drug-likeness (QED) is 0.167. The second-order valence-electron chi connectivity index (χ2n) is 16.2. The van der Waals surface area contributed by atoms with Crippen molar-refractivity contribution in [2.75, 3.05) is 0 Å². The van der Waals surface area contributed by atoms with Crippen LogP contribution in [0.25, 0.3) is 48.5 Å². The molecule has 0 nitrogen and oxygen atoms in total. The highest BCUT2D eigenvalue weighted by atomic mass is 32.1. The number of hydrogen-bond donors (Lipinski definition) is 0. The first-order chi connectivity index (χ1) is 26.2.